The van der Waals surface area contributed by atoms with Gasteiger partial charge in [-0.3, -0.25) is 4.79 Å². The van der Waals surface area contributed by atoms with Gasteiger partial charge < -0.3 is 10.1 Å². The van der Waals surface area contributed by atoms with Crippen molar-refractivity contribution in [1.29, 1.82) is 5.26 Å². The topological polar surface area (TPSA) is 92.3 Å². The summed E-state index contributed by atoms with van der Waals surface area (Å²) in [6.45, 7) is 2.41. The number of nitrogens with one attached hydrogen (secondary N) is 1. The SMILES string of the molecule is CCOc1cnc(C#N)cc1-c1ccn2nc(NC(=O)C3CC3)cc2c1. The average Bonchev–Trinajstić information content (AvgIpc) is 3.42. The molecule has 7 heteroatoms. The number of hydrogen-bond donors (Lipinski definition) is 1. The van der Waals surface area contributed by atoms with Crippen molar-refractivity contribution in [1.82, 2.24) is 14.6 Å². The number of nitriles is 1. The van der Waals surface area contributed by atoms with E-state index in [0.717, 1.165) is 29.5 Å². The first-order chi connectivity index (χ1) is 12.7. The second kappa shape index (κ2) is 6.48. The molecule has 0 bridgehead atoms. The number of nitrogens with zero attached hydrogens (tertiary/aromatic N) is 4. The van der Waals surface area contributed by atoms with Crippen molar-refractivity contribution < 1.29 is 9.53 Å². The van der Waals surface area contributed by atoms with E-state index in [2.05, 4.69) is 21.5 Å². The van der Waals surface area contributed by atoms with Gasteiger partial charge in [-0.1, -0.05) is 0 Å². The van der Waals surface area contributed by atoms with E-state index in [4.69, 9.17) is 10.00 Å². The van der Waals surface area contributed by atoms with Crippen molar-refractivity contribution >= 4 is 17.2 Å². The molecule has 0 aliphatic heterocycles. The Kier molecular flexibility index (Phi) is 4.01. The number of carbonyl (C=O) groups is 1. The van der Waals surface area contributed by atoms with Gasteiger partial charge in [0, 0.05) is 23.7 Å². The van der Waals surface area contributed by atoms with Crippen molar-refractivity contribution in [2.24, 2.45) is 5.92 Å². The molecule has 3 aromatic heterocycles. The lowest BCUT2D eigenvalue weighted by atomic mass is 10.1. The molecule has 4 rings (SSSR count). The number of carbonyl (C=O) groups excluding carboxylic acids is 1. The molecule has 0 saturated heterocycles. The number of anilines is 1. The zero-order valence-corrected chi connectivity index (χ0v) is 14.3. The smallest absolute Gasteiger partial charge is 0.228 e. The summed E-state index contributed by atoms with van der Waals surface area (Å²) in [5, 5.41) is 16.4. The lowest BCUT2D eigenvalue weighted by molar-refractivity contribution is -0.117. The summed E-state index contributed by atoms with van der Waals surface area (Å²) in [5.74, 6) is 1.32. The maximum atomic E-state index is 11.9. The Labute approximate surface area is 150 Å². The van der Waals surface area contributed by atoms with Crippen LogP contribution < -0.4 is 10.1 Å². The largest absolute Gasteiger partial charge is 0.492 e. The number of ether oxygens (including phenoxy) is 1. The van der Waals surface area contributed by atoms with Gasteiger partial charge in [-0.25, -0.2) is 9.50 Å². The zero-order valence-electron chi connectivity index (χ0n) is 14.3. The molecule has 1 amide bonds. The highest BCUT2D eigenvalue weighted by molar-refractivity contribution is 5.93. The average molecular weight is 347 g/mol. The third-order valence-electron chi connectivity index (χ3n) is 4.26. The standard InChI is InChI=1S/C19H17N5O2/c1-2-26-17-11-21-14(10-20)8-16(17)13-5-6-24-15(7-13)9-18(23-24)22-19(25)12-3-4-12/h5-9,11-12H,2-4H2,1H3,(H,22,23,25). The first kappa shape index (κ1) is 16.1. The predicted molar refractivity (Wildman–Crippen MR) is 95.7 cm³/mol. The van der Waals surface area contributed by atoms with Crippen molar-refractivity contribution in [2.75, 3.05) is 11.9 Å². The third kappa shape index (κ3) is 3.09. The Balaban J connectivity index is 1.71. The van der Waals surface area contributed by atoms with Crippen LogP contribution in [0.3, 0.4) is 0 Å². The molecule has 26 heavy (non-hydrogen) atoms. The number of amides is 1. The highest BCUT2D eigenvalue weighted by atomic mass is 16.5. The van der Waals surface area contributed by atoms with Crippen molar-refractivity contribution in [3.05, 3.63) is 42.4 Å². The molecule has 1 aliphatic carbocycles. The Morgan fingerprint density at radius 2 is 2.27 bits per heavy atom. The van der Waals surface area contributed by atoms with Gasteiger partial charge in [0.15, 0.2) is 5.82 Å². The molecule has 1 N–H and O–H groups in total. The molecular weight excluding hydrogens is 330 g/mol. The van der Waals surface area contributed by atoms with Gasteiger partial charge in [0.05, 0.1) is 18.3 Å². The Bertz CT molecular complexity index is 1030. The minimum absolute atomic E-state index is 0.0278. The number of pyridine rings is 2. The van der Waals surface area contributed by atoms with Crippen LogP contribution in [0.4, 0.5) is 5.82 Å². The number of fused-ring (bicyclic) bond motifs is 1. The highest BCUT2D eigenvalue weighted by Crippen LogP contribution is 2.32. The van der Waals surface area contributed by atoms with Crippen LogP contribution in [-0.2, 0) is 4.79 Å². The van der Waals surface area contributed by atoms with Crippen molar-refractivity contribution in [3.8, 4) is 22.9 Å². The Morgan fingerprint density at radius 1 is 1.42 bits per heavy atom. The molecule has 3 heterocycles. The van der Waals surface area contributed by atoms with Gasteiger partial charge in [0.25, 0.3) is 0 Å². The van der Waals surface area contributed by atoms with Crippen molar-refractivity contribution in [2.45, 2.75) is 19.8 Å². The summed E-state index contributed by atoms with van der Waals surface area (Å²) in [7, 11) is 0. The van der Waals surface area contributed by atoms with E-state index in [0.29, 0.717) is 23.9 Å². The monoisotopic (exact) mass is 347 g/mol. The minimum atomic E-state index is 0.0278. The molecule has 0 atom stereocenters. The van der Waals surface area contributed by atoms with Crippen LogP contribution >= 0.6 is 0 Å². The van der Waals surface area contributed by atoms with Crippen LogP contribution in [0.5, 0.6) is 5.75 Å². The van der Waals surface area contributed by atoms with E-state index < -0.39 is 0 Å². The predicted octanol–water partition coefficient (Wildman–Crippen LogP) is 3.02. The normalized spacial score (nSPS) is 13.4. The van der Waals surface area contributed by atoms with Crippen LogP contribution in [0.1, 0.15) is 25.5 Å². The van der Waals surface area contributed by atoms with Crippen LogP contribution in [0.25, 0.3) is 16.6 Å². The first-order valence-electron chi connectivity index (χ1n) is 8.51. The fraction of sp³-hybridized carbons (Fsp3) is 0.263. The molecule has 7 nitrogen and oxygen atoms in total. The number of aromatic nitrogens is 3. The third-order valence-corrected chi connectivity index (χ3v) is 4.26. The molecule has 0 aromatic carbocycles. The molecule has 0 spiro atoms. The summed E-state index contributed by atoms with van der Waals surface area (Å²) >= 11 is 0. The maximum Gasteiger partial charge on any atom is 0.228 e. The van der Waals surface area contributed by atoms with E-state index in [1.165, 1.54) is 0 Å². The molecule has 1 saturated carbocycles. The maximum absolute atomic E-state index is 11.9. The minimum Gasteiger partial charge on any atom is -0.492 e. The second-order valence-corrected chi connectivity index (χ2v) is 6.19. The zero-order chi connectivity index (χ0) is 18.1. The Hall–Kier alpha value is -3.40. The van der Waals surface area contributed by atoms with Crippen LogP contribution in [0.15, 0.2) is 36.7 Å². The number of rotatable bonds is 5. The van der Waals surface area contributed by atoms with E-state index in [9.17, 15) is 4.79 Å². The summed E-state index contributed by atoms with van der Waals surface area (Å²) in [5.41, 5.74) is 2.85. The van der Waals surface area contributed by atoms with Gasteiger partial charge in [-0.2, -0.15) is 10.4 Å². The summed E-state index contributed by atoms with van der Waals surface area (Å²) in [4.78, 5) is 16.0. The van der Waals surface area contributed by atoms with Crippen LogP contribution in [0.2, 0.25) is 0 Å². The Morgan fingerprint density at radius 3 is 3.00 bits per heavy atom. The van der Waals surface area contributed by atoms with E-state index in [-0.39, 0.29) is 11.8 Å². The van der Waals surface area contributed by atoms with Gasteiger partial charge in [-0.15, -0.1) is 0 Å². The summed E-state index contributed by atoms with van der Waals surface area (Å²) in [6.07, 6.45) is 5.29. The summed E-state index contributed by atoms with van der Waals surface area (Å²) < 4.78 is 7.35. The van der Waals surface area contributed by atoms with E-state index >= 15 is 0 Å². The quantitative estimate of drug-likeness (QED) is 0.766. The lowest BCUT2D eigenvalue weighted by Crippen LogP contribution is -2.13. The number of hydrogen-bond acceptors (Lipinski definition) is 5. The van der Waals surface area contributed by atoms with E-state index in [1.807, 2.05) is 31.3 Å². The lowest BCUT2D eigenvalue weighted by Gasteiger charge is -2.10. The van der Waals surface area contributed by atoms with Gasteiger partial charge >= 0.3 is 0 Å². The molecule has 1 fully saturated rings. The fourth-order valence-corrected chi connectivity index (χ4v) is 2.80. The first-order valence-corrected chi connectivity index (χ1v) is 8.51. The van der Waals surface area contributed by atoms with Crippen molar-refractivity contribution in [3.63, 3.8) is 0 Å². The highest BCUT2D eigenvalue weighted by Gasteiger charge is 2.30. The molecule has 0 radical (unpaired) electrons. The van der Waals surface area contributed by atoms with Gasteiger partial charge in [0.1, 0.15) is 17.5 Å². The van der Waals surface area contributed by atoms with Crippen LogP contribution in [0, 0.1) is 17.2 Å². The van der Waals surface area contributed by atoms with Gasteiger partial charge in [0.2, 0.25) is 5.91 Å². The molecular formula is C19H17N5O2. The molecule has 1 aliphatic rings. The molecule has 3 aromatic rings. The molecule has 0 unspecified atom stereocenters. The second-order valence-electron chi connectivity index (χ2n) is 6.19. The van der Waals surface area contributed by atoms with Gasteiger partial charge in [-0.05, 0) is 43.5 Å². The fourth-order valence-electron chi connectivity index (χ4n) is 2.80. The van der Waals surface area contributed by atoms with Crippen LogP contribution in [-0.4, -0.2) is 27.1 Å². The van der Waals surface area contributed by atoms with E-state index in [1.54, 1.807) is 16.8 Å². The molecule has 130 valence electrons. The summed E-state index contributed by atoms with van der Waals surface area (Å²) in [6, 6.07) is 9.43.